The van der Waals surface area contributed by atoms with Gasteiger partial charge in [0.15, 0.2) is 5.13 Å². The number of nitrogens with zero attached hydrogens (tertiary/aromatic N) is 2. The number of carbonyl (C=O) groups is 1. The smallest absolute Gasteiger partial charge is 0.261 e. The number of aromatic nitrogens is 1. The van der Waals surface area contributed by atoms with Crippen LogP contribution in [-0.2, 0) is 4.74 Å². The number of ether oxygens (including phenoxy) is 2. The van der Waals surface area contributed by atoms with Gasteiger partial charge < -0.3 is 9.47 Å². The Balaban J connectivity index is 1.79. The molecule has 146 valence electrons. The fourth-order valence-corrected chi connectivity index (χ4v) is 5.08. The second-order valence-electron chi connectivity index (χ2n) is 6.79. The SMILES string of the molecule is COc1ccc(C)c2sc(N(CC3CCCO3)C(=O)c3ccccc3I)nc12. The number of carbonyl (C=O) groups excluding carboxylic acids is 1. The summed E-state index contributed by atoms with van der Waals surface area (Å²) in [5.74, 6) is 0.679. The van der Waals surface area contributed by atoms with Gasteiger partial charge in [-0.1, -0.05) is 29.5 Å². The molecule has 3 aromatic rings. The zero-order chi connectivity index (χ0) is 19.7. The lowest BCUT2D eigenvalue weighted by atomic mass is 10.2. The number of hydrogen-bond acceptors (Lipinski definition) is 5. The lowest BCUT2D eigenvalue weighted by Gasteiger charge is -2.23. The number of anilines is 1. The van der Waals surface area contributed by atoms with Crippen LogP contribution in [0.1, 0.15) is 28.8 Å². The molecular weight excluding hydrogens is 487 g/mol. The van der Waals surface area contributed by atoms with E-state index in [1.165, 1.54) is 11.3 Å². The number of halogens is 1. The number of thiazole rings is 1. The van der Waals surface area contributed by atoms with Gasteiger partial charge >= 0.3 is 0 Å². The Kier molecular flexibility index (Phi) is 5.84. The molecule has 0 spiro atoms. The first-order chi connectivity index (χ1) is 13.6. The van der Waals surface area contributed by atoms with Crippen LogP contribution in [0.15, 0.2) is 36.4 Å². The topological polar surface area (TPSA) is 51.7 Å². The summed E-state index contributed by atoms with van der Waals surface area (Å²) >= 11 is 3.74. The number of fused-ring (bicyclic) bond motifs is 1. The van der Waals surface area contributed by atoms with Crippen LogP contribution in [-0.4, -0.2) is 37.3 Å². The van der Waals surface area contributed by atoms with Crippen LogP contribution in [0.4, 0.5) is 5.13 Å². The van der Waals surface area contributed by atoms with Gasteiger partial charge in [-0.25, -0.2) is 4.98 Å². The molecule has 28 heavy (non-hydrogen) atoms. The molecule has 1 unspecified atom stereocenters. The largest absolute Gasteiger partial charge is 0.494 e. The number of methoxy groups -OCH3 is 1. The fourth-order valence-electron chi connectivity index (χ4n) is 3.40. The van der Waals surface area contributed by atoms with Crippen molar-refractivity contribution in [2.75, 3.05) is 25.2 Å². The lowest BCUT2D eigenvalue weighted by Crippen LogP contribution is -2.37. The molecule has 0 saturated carbocycles. The molecule has 1 amide bonds. The quantitative estimate of drug-likeness (QED) is 0.453. The highest BCUT2D eigenvalue weighted by Gasteiger charge is 2.28. The second kappa shape index (κ2) is 8.34. The van der Waals surface area contributed by atoms with Gasteiger partial charge in [0, 0.05) is 10.2 Å². The highest BCUT2D eigenvalue weighted by Crippen LogP contribution is 2.37. The molecule has 1 fully saturated rings. The molecule has 0 N–H and O–H groups in total. The molecule has 1 aliphatic rings. The average Bonchev–Trinajstić information content (AvgIpc) is 3.36. The number of benzene rings is 2. The third-order valence-electron chi connectivity index (χ3n) is 4.90. The van der Waals surface area contributed by atoms with E-state index in [1.54, 1.807) is 12.0 Å². The van der Waals surface area contributed by atoms with Crippen LogP contribution in [0.3, 0.4) is 0 Å². The lowest BCUT2D eigenvalue weighted by molar-refractivity contribution is 0.0916. The molecule has 4 rings (SSSR count). The van der Waals surface area contributed by atoms with E-state index >= 15 is 0 Å². The van der Waals surface area contributed by atoms with E-state index in [0.29, 0.717) is 17.2 Å². The van der Waals surface area contributed by atoms with Gasteiger partial charge in [0.1, 0.15) is 11.3 Å². The van der Waals surface area contributed by atoms with Crippen molar-refractivity contribution in [1.82, 2.24) is 4.98 Å². The van der Waals surface area contributed by atoms with Gasteiger partial charge in [-0.3, -0.25) is 9.69 Å². The molecule has 1 aromatic heterocycles. The van der Waals surface area contributed by atoms with Gasteiger partial charge in [-0.2, -0.15) is 0 Å². The van der Waals surface area contributed by atoms with E-state index in [2.05, 4.69) is 29.5 Å². The third-order valence-corrected chi connectivity index (χ3v) is 7.06. The van der Waals surface area contributed by atoms with E-state index in [9.17, 15) is 4.79 Å². The van der Waals surface area contributed by atoms with E-state index in [0.717, 1.165) is 44.5 Å². The summed E-state index contributed by atoms with van der Waals surface area (Å²) in [6.07, 6.45) is 2.03. The average molecular weight is 508 g/mol. The van der Waals surface area contributed by atoms with Crippen molar-refractivity contribution in [2.24, 2.45) is 0 Å². The molecular formula is C21H21IN2O3S. The minimum absolute atomic E-state index is 0.0420. The van der Waals surface area contributed by atoms with Crippen molar-refractivity contribution in [2.45, 2.75) is 25.9 Å². The van der Waals surface area contributed by atoms with E-state index in [-0.39, 0.29) is 12.0 Å². The summed E-state index contributed by atoms with van der Waals surface area (Å²) in [5, 5.41) is 0.683. The van der Waals surface area contributed by atoms with Gasteiger partial charge in [0.05, 0.1) is 30.0 Å². The van der Waals surface area contributed by atoms with E-state index in [4.69, 9.17) is 14.5 Å². The van der Waals surface area contributed by atoms with Crippen LogP contribution in [0.25, 0.3) is 10.2 Å². The number of amides is 1. The first kappa shape index (κ1) is 19.6. The standard InChI is InChI=1S/C21H21IN2O3S/c1-13-9-10-17(26-2)18-19(13)28-21(23-18)24(12-14-6-5-11-27-14)20(25)15-7-3-4-8-16(15)22/h3-4,7-10,14H,5-6,11-12H2,1-2H3. The van der Waals surface area contributed by atoms with Crippen LogP contribution < -0.4 is 9.64 Å². The van der Waals surface area contributed by atoms with Crippen molar-refractivity contribution >= 4 is 55.2 Å². The maximum absolute atomic E-state index is 13.5. The van der Waals surface area contributed by atoms with Crippen molar-refractivity contribution < 1.29 is 14.3 Å². The molecule has 0 aliphatic carbocycles. The Hall–Kier alpha value is -1.71. The molecule has 1 saturated heterocycles. The van der Waals surface area contributed by atoms with Crippen molar-refractivity contribution in [3.05, 3.63) is 51.1 Å². The molecule has 1 atom stereocenters. The summed E-state index contributed by atoms with van der Waals surface area (Å²) in [5.41, 5.74) is 2.61. The molecule has 2 heterocycles. The number of rotatable bonds is 5. The third kappa shape index (κ3) is 3.75. The normalized spacial score (nSPS) is 16.5. The Morgan fingerprint density at radius 1 is 1.36 bits per heavy atom. The van der Waals surface area contributed by atoms with Crippen LogP contribution in [0, 0.1) is 10.5 Å². The summed E-state index contributed by atoms with van der Waals surface area (Å²) < 4.78 is 13.3. The number of aryl methyl sites for hydroxylation is 1. The van der Waals surface area contributed by atoms with Crippen molar-refractivity contribution in [3.63, 3.8) is 0 Å². The van der Waals surface area contributed by atoms with Gasteiger partial charge in [-0.15, -0.1) is 0 Å². The minimum atomic E-state index is -0.0452. The minimum Gasteiger partial charge on any atom is -0.494 e. The zero-order valence-corrected chi connectivity index (χ0v) is 18.7. The Morgan fingerprint density at radius 2 is 2.18 bits per heavy atom. The van der Waals surface area contributed by atoms with Crippen LogP contribution in [0.5, 0.6) is 5.75 Å². The highest BCUT2D eigenvalue weighted by molar-refractivity contribution is 14.1. The van der Waals surface area contributed by atoms with Gasteiger partial charge in [-0.05, 0) is 66.1 Å². The Labute approximate surface area is 181 Å². The van der Waals surface area contributed by atoms with Gasteiger partial charge in [0.25, 0.3) is 5.91 Å². The van der Waals surface area contributed by atoms with E-state index < -0.39 is 0 Å². The molecule has 2 aromatic carbocycles. The summed E-state index contributed by atoms with van der Waals surface area (Å²) in [6.45, 7) is 3.31. The predicted molar refractivity (Wildman–Crippen MR) is 121 cm³/mol. The fraction of sp³-hybridized carbons (Fsp3) is 0.333. The van der Waals surface area contributed by atoms with Gasteiger partial charge in [0.2, 0.25) is 0 Å². The Morgan fingerprint density at radius 3 is 2.89 bits per heavy atom. The summed E-state index contributed by atoms with van der Waals surface area (Å²) in [4.78, 5) is 20.0. The zero-order valence-electron chi connectivity index (χ0n) is 15.8. The molecule has 0 bridgehead atoms. The monoisotopic (exact) mass is 508 g/mol. The van der Waals surface area contributed by atoms with Crippen LogP contribution in [0.2, 0.25) is 0 Å². The molecule has 1 aliphatic heterocycles. The molecule has 7 heteroatoms. The second-order valence-corrected chi connectivity index (χ2v) is 8.93. The summed E-state index contributed by atoms with van der Waals surface area (Å²) in [6, 6.07) is 11.6. The van der Waals surface area contributed by atoms with Crippen molar-refractivity contribution in [3.8, 4) is 5.75 Å². The first-order valence-corrected chi connectivity index (χ1v) is 11.1. The van der Waals surface area contributed by atoms with Crippen molar-refractivity contribution in [1.29, 1.82) is 0 Å². The van der Waals surface area contributed by atoms with Crippen LogP contribution >= 0.6 is 33.9 Å². The Bertz CT molecular complexity index is 1010. The molecule has 0 radical (unpaired) electrons. The summed E-state index contributed by atoms with van der Waals surface area (Å²) in [7, 11) is 1.64. The highest BCUT2D eigenvalue weighted by atomic mass is 127. The predicted octanol–water partition coefficient (Wildman–Crippen LogP) is 5.04. The number of hydrogen-bond donors (Lipinski definition) is 0. The maximum atomic E-state index is 13.5. The maximum Gasteiger partial charge on any atom is 0.261 e. The van der Waals surface area contributed by atoms with E-state index in [1.807, 2.05) is 36.4 Å². The molecule has 5 nitrogen and oxygen atoms in total. The first-order valence-electron chi connectivity index (χ1n) is 9.20.